The first-order chi connectivity index (χ1) is 25.7. The van der Waals surface area contributed by atoms with E-state index in [4.69, 9.17) is 0 Å². The maximum atomic E-state index is 15.4. The molecular formula is C50H34FN. The van der Waals surface area contributed by atoms with Crippen molar-refractivity contribution in [3.8, 4) is 44.5 Å². The highest BCUT2D eigenvalue weighted by Gasteiger charge is 2.22. The summed E-state index contributed by atoms with van der Waals surface area (Å²) in [5, 5.41) is 4.53. The van der Waals surface area contributed by atoms with Crippen molar-refractivity contribution in [2.24, 2.45) is 0 Å². The zero-order valence-corrected chi connectivity index (χ0v) is 28.5. The van der Waals surface area contributed by atoms with E-state index in [2.05, 4.69) is 175 Å². The number of halogens is 1. The third kappa shape index (κ3) is 5.61. The highest BCUT2D eigenvalue weighted by molar-refractivity contribution is 6.09. The second kappa shape index (κ2) is 13.5. The first kappa shape index (κ1) is 31.2. The topological polar surface area (TPSA) is 3.24 Å². The molecule has 52 heavy (non-hydrogen) atoms. The number of fused-ring (bicyclic) bond motifs is 2. The molecule has 9 aromatic carbocycles. The van der Waals surface area contributed by atoms with Crippen LogP contribution in [0, 0.1) is 5.82 Å². The first-order valence-electron chi connectivity index (χ1n) is 17.6. The van der Waals surface area contributed by atoms with Crippen LogP contribution < -0.4 is 4.90 Å². The van der Waals surface area contributed by atoms with E-state index in [1.165, 1.54) is 22.4 Å². The molecule has 246 valence electrons. The fourth-order valence-electron chi connectivity index (χ4n) is 7.57. The van der Waals surface area contributed by atoms with E-state index in [1.807, 2.05) is 24.3 Å². The Morgan fingerprint density at radius 2 is 0.788 bits per heavy atom. The van der Waals surface area contributed by atoms with E-state index in [9.17, 15) is 0 Å². The number of benzene rings is 9. The summed E-state index contributed by atoms with van der Waals surface area (Å²) in [6.07, 6.45) is 0. The van der Waals surface area contributed by atoms with Gasteiger partial charge < -0.3 is 4.90 Å². The van der Waals surface area contributed by atoms with Gasteiger partial charge in [0.2, 0.25) is 0 Å². The Bertz CT molecular complexity index is 2680. The molecule has 0 bridgehead atoms. The van der Waals surface area contributed by atoms with Crippen LogP contribution in [0.5, 0.6) is 0 Å². The molecule has 0 aliphatic heterocycles. The van der Waals surface area contributed by atoms with E-state index >= 15 is 4.39 Å². The van der Waals surface area contributed by atoms with Crippen LogP contribution in [0.4, 0.5) is 21.5 Å². The van der Waals surface area contributed by atoms with Crippen molar-refractivity contribution in [2.75, 3.05) is 4.90 Å². The summed E-state index contributed by atoms with van der Waals surface area (Å²) in [6, 6.07) is 71.3. The largest absolute Gasteiger partial charge is 0.309 e. The average Bonchev–Trinajstić information content (AvgIpc) is 3.21. The molecule has 0 unspecified atom stereocenters. The lowest BCUT2D eigenvalue weighted by Crippen LogP contribution is -2.12. The second-order valence-electron chi connectivity index (χ2n) is 13.0. The van der Waals surface area contributed by atoms with Crippen LogP contribution in [-0.2, 0) is 0 Å². The van der Waals surface area contributed by atoms with Crippen LogP contribution in [0.1, 0.15) is 0 Å². The van der Waals surface area contributed by atoms with Crippen LogP contribution in [0.25, 0.3) is 66.1 Å². The van der Waals surface area contributed by atoms with Gasteiger partial charge in [0.15, 0.2) is 0 Å². The van der Waals surface area contributed by atoms with Crippen molar-refractivity contribution in [3.63, 3.8) is 0 Å². The molecule has 2 heteroatoms. The van der Waals surface area contributed by atoms with Gasteiger partial charge in [0.25, 0.3) is 0 Å². The Balaban J connectivity index is 1.28. The number of rotatable bonds is 7. The molecule has 9 rings (SSSR count). The minimum atomic E-state index is -0.234. The summed E-state index contributed by atoms with van der Waals surface area (Å²) in [6.45, 7) is 0. The Kier molecular flexibility index (Phi) is 8.11. The predicted molar refractivity (Wildman–Crippen MR) is 218 cm³/mol. The molecule has 0 aliphatic carbocycles. The fraction of sp³-hybridized carbons (Fsp3) is 0. The maximum absolute atomic E-state index is 15.4. The number of hydrogen-bond donors (Lipinski definition) is 0. The average molecular weight is 668 g/mol. The van der Waals surface area contributed by atoms with Crippen LogP contribution in [0.2, 0.25) is 0 Å². The van der Waals surface area contributed by atoms with Crippen molar-refractivity contribution in [3.05, 3.63) is 212 Å². The SMILES string of the molecule is Fc1ccccc1-c1cccc2cccc(-c3ccccc3N(c3ccc(-c4cccc5ccccc45)cc3)c3ccccc3-c3ccccc3)c12. The minimum absolute atomic E-state index is 0.234. The highest BCUT2D eigenvalue weighted by Crippen LogP contribution is 2.47. The number of para-hydroxylation sites is 2. The van der Waals surface area contributed by atoms with Crippen LogP contribution >= 0.6 is 0 Å². The van der Waals surface area contributed by atoms with Gasteiger partial charge in [-0.2, -0.15) is 0 Å². The van der Waals surface area contributed by atoms with Gasteiger partial charge in [0, 0.05) is 22.4 Å². The van der Waals surface area contributed by atoms with E-state index in [-0.39, 0.29) is 5.82 Å². The molecule has 0 atom stereocenters. The Morgan fingerprint density at radius 1 is 0.308 bits per heavy atom. The zero-order chi connectivity index (χ0) is 34.9. The van der Waals surface area contributed by atoms with E-state index in [0.29, 0.717) is 5.56 Å². The molecule has 0 heterocycles. The van der Waals surface area contributed by atoms with Gasteiger partial charge >= 0.3 is 0 Å². The van der Waals surface area contributed by atoms with E-state index in [1.54, 1.807) is 6.07 Å². The van der Waals surface area contributed by atoms with Gasteiger partial charge in [-0.1, -0.05) is 176 Å². The Labute approximate surface area is 303 Å². The predicted octanol–water partition coefficient (Wildman–Crippen LogP) is 14.3. The number of anilines is 3. The smallest absolute Gasteiger partial charge is 0.131 e. The summed E-state index contributed by atoms with van der Waals surface area (Å²) in [4.78, 5) is 2.37. The van der Waals surface area contributed by atoms with Crippen LogP contribution in [0.15, 0.2) is 206 Å². The van der Waals surface area contributed by atoms with Gasteiger partial charge in [-0.25, -0.2) is 4.39 Å². The van der Waals surface area contributed by atoms with Crippen molar-refractivity contribution in [1.29, 1.82) is 0 Å². The fourth-order valence-corrected chi connectivity index (χ4v) is 7.57. The summed E-state index contributed by atoms with van der Waals surface area (Å²) in [7, 11) is 0. The van der Waals surface area contributed by atoms with Crippen LogP contribution in [0.3, 0.4) is 0 Å². The summed E-state index contributed by atoms with van der Waals surface area (Å²) >= 11 is 0. The lowest BCUT2D eigenvalue weighted by molar-refractivity contribution is 0.631. The van der Waals surface area contributed by atoms with Crippen molar-refractivity contribution < 1.29 is 4.39 Å². The molecule has 0 spiro atoms. The first-order valence-corrected chi connectivity index (χ1v) is 17.6. The minimum Gasteiger partial charge on any atom is -0.309 e. The highest BCUT2D eigenvalue weighted by atomic mass is 19.1. The third-order valence-electron chi connectivity index (χ3n) is 9.96. The van der Waals surface area contributed by atoms with Crippen molar-refractivity contribution in [2.45, 2.75) is 0 Å². The van der Waals surface area contributed by atoms with Gasteiger partial charge in [0.05, 0.1) is 11.4 Å². The van der Waals surface area contributed by atoms with Gasteiger partial charge in [-0.3, -0.25) is 0 Å². The second-order valence-corrected chi connectivity index (χ2v) is 13.0. The maximum Gasteiger partial charge on any atom is 0.131 e. The molecule has 0 saturated heterocycles. The van der Waals surface area contributed by atoms with Gasteiger partial charge in [0.1, 0.15) is 5.82 Å². The zero-order valence-electron chi connectivity index (χ0n) is 28.5. The lowest BCUT2D eigenvalue weighted by Gasteiger charge is -2.30. The molecule has 9 aromatic rings. The molecule has 0 radical (unpaired) electrons. The molecule has 1 nitrogen and oxygen atoms in total. The molecule has 0 fully saturated rings. The molecule has 0 aliphatic rings. The third-order valence-corrected chi connectivity index (χ3v) is 9.96. The molecule has 0 aromatic heterocycles. The summed E-state index contributed by atoms with van der Waals surface area (Å²) in [5.41, 5.74) is 11.3. The standard InChI is InChI=1S/C50H34FN/c51-47-28-9-6-23-43(47)45-26-13-19-38-20-14-27-46(50(38)45)44-24-8-11-30-49(44)52(48-29-10-7-22-42(48)36-15-2-1-3-16-36)39-33-31-37(32-34-39)41-25-12-18-35-17-4-5-21-40(35)41/h1-34H. The number of hydrogen-bond acceptors (Lipinski definition) is 1. The number of nitrogens with zero attached hydrogens (tertiary/aromatic N) is 1. The van der Waals surface area contributed by atoms with Gasteiger partial charge in [-0.05, 0) is 79.7 Å². The molecule has 0 N–H and O–H groups in total. The lowest BCUT2D eigenvalue weighted by atomic mass is 9.90. The van der Waals surface area contributed by atoms with Crippen LogP contribution in [-0.4, -0.2) is 0 Å². The monoisotopic (exact) mass is 667 g/mol. The van der Waals surface area contributed by atoms with Gasteiger partial charge in [-0.15, -0.1) is 0 Å². The van der Waals surface area contributed by atoms with Crippen molar-refractivity contribution in [1.82, 2.24) is 0 Å². The van der Waals surface area contributed by atoms with E-state index < -0.39 is 0 Å². The molecule has 0 saturated carbocycles. The quantitative estimate of drug-likeness (QED) is 0.163. The molecule has 0 amide bonds. The molecular weight excluding hydrogens is 634 g/mol. The Hall–Kier alpha value is -6.77. The summed E-state index contributed by atoms with van der Waals surface area (Å²) < 4.78 is 15.4. The summed E-state index contributed by atoms with van der Waals surface area (Å²) in [5.74, 6) is -0.234. The van der Waals surface area contributed by atoms with E-state index in [0.717, 1.165) is 61.2 Å². The normalized spacial score (nSPS) is 11.2. The Morgan fingerprint density at radius 3 is 1.52 bits per heavy atom. The van der Waals surface area contributed by atoms with Crippen molar-refractivity contribution >= 4 is 38.6 Å².